The summed E-state index contributed by atoms with van der Waals surface area (Å²) in [6, 6.07) is 1.40. The van der Waals surface area contributed by atoms with Crippen molar-refractivity contribution in [3.05, 3.63) is 17.8 Å². The summed E-state index contributed by atoms with van der Waals surface area (Å²) in [5, 5.41) is 17.8. The number of nitrogens with two attached hydrogens (primary N) is 1. The van der Waals surface area contributed by atoms with Crippen molar-refractivity contribution >= 4 is 17.5 Å². The van der Waals surface area contributed by atoms with Crippen molar-refractivity contribution in [1.29, 1.82) is 0 Å². The molecule has 2 rings (SSSR count). The van der Waals surface area contributed by atoms with E-state index in [1.807, 2.05) is 4.90 Å². The van der Waals surface area contributed by atoms with Gasteiger partial charge in [-0.25, -0.2) is 9.78 Å². The summed E-state index contributed by atoms with van der Waals surface area (Å²) < 4.78 is 5.49. The van der Waals surface area contributed by atoms with Gasteiger partial charge in [0.15, 0.2) is 5.82 Å². The lowest BCUT2D eigenvalue weighted by Gasteiger charge is -2.33. The van der Waals surface area contributed by atoms with Gasteiger partial charge < -0.3 is 25.6 Å². The minimum Gasteiger partial charge on any atom is -0.478 e. The molecule has 0 aliphatic carbocycles. The number of anilines is 2. The predicted molar refractivity (Wildman–Crippen MR) is 73.9 cm³/mol. The van der Waals surface area contributed by atoms with Crippen molar-refractivity contribution in [3.8, 4) is 0 Å². The molecular formula is C13H19N3O4. The zero-order valence-electron chi connectivity index (χ0n) is 11.2. The van der Waals surface area contributed by atoms with Gasteiger partial charge in [0.1, 0.15) is 0 Å². The molecule has 1 aliphatic rings. The molecular weight excluding hydrogens is 262 g/mol. The van der Waals surface area contributed by atoms with Crippen LogP contribution in [0.15, 0.2) is 12.3 Å². The highest BCUT2D eigenvalue weighted by atomic mass is 16.5. The number of aromatic nitrogens is 1. The number of nitrogen functional groups attached to an aromatic ring is 1. The molecule has 0 amide bonds. The summed E-state index contributed by atoms with van der Waals surface area (Å²) in [6.45, 7) is 1.78. The zero-order valence-corrected chi connectivity index (χ0v) is 11.2. The number of carboxylic acid groups (broad SMARTS) is 1. The van der Waals surface area contributed by atoms with Crippen LogP contribution in [0.4, 0.5) is 11.5 Å². The third-order valence-electron chi connectivity index (χ3n) is 3.39. The summed E-state index contributed by atoms with van der Waals surface area (Å²) in [4.78, 5) is 17.2. The Morgan fingerprint density at radius 2 is 2.20 bits per heavy atom. The highest BCUT2D eigenvalue weighted by molar-refractivity contribution is 5.96. The van der Waals surface area contributed by atoms with E-state index < -0.39 is 5.97 Å². The van der Waals surface area contributed by atoms with Crippen LogP contribution in [0.3, 0.4) is 0 Å². The number of rotatable bonds is 5. The maximum Gasteiger partial charge on any atom is 0.337 e. The van der Waals surface area contributed by atoms with Crippen LogP contribution in [-0.4, -0.2) is 53.6 Å². The topological polar surface area (TPSA) is 109 Å². The molecule has 1 saturated heterocycles. The summed E-state index contributed by atoms with van der Waals surface area (Å²) in [7, 11) is 0. The second-order valence-corrected chi connectivity index (χ2v) is 4.68. The smallest absolute Gasteiger partial charge is 0.337 e. The SMILES string of the molecule is Nc1c(C(=O)O)ccnc1N1CCC(OCCO)CC1. The molecule has 110 valence electrons. The number of hydrogen-bond donors (Lipinski definition) is 3. The van der Waals surface area contributed by atoms with Gasteiger partial charge in [-0.3, -0.25) is 0 Å². The van der Waals surface area contributed by atoms with E-state index in [1.165, 1.54) is 12.3 Å². The maximum atomic E-state index is 11.1. The standard InChI is InChI=1S/C13H19N3O4/c14-11-10(13(18)19)1-4-15-12(11)16-5-2-9(3-6-16)20-8-7-17/h1,4,9,17H,2-3,5-8,14H2,(H,18,19). The summed E-state index contributed by atoms with van der Waals surface area (Å²) in [5.74, 6) is -0.530. The number of nitrogens with zero attached hydrogens (tertiary/aromatic N) is 2. The van der Waals surface area contributed by atoms with Crippen molar-refractivity contribution in [1.82, 2.24) is 4.98 Å². The number of piperidine rings is 1. The molecule has 20 heavy (non-hydrogen) atoms. The van der Waals surface area contributed by atoms with Gasteiger partial charge in [0.05, 0.1) is 30.6 Å². The number of aromatic carboxylic acids is 1. The van der Waals surface area contributed by atoms with Gasteiger partial charge in [-0.2, -0.15) is 0 Å². The number of carboxylic acids is 1. The van der Waals surface area contributed by atoms with Gasteiger partial charge >= 0.3 is 5.97 Å². The van der Waals surface area contributed by atoms with Crippen LogP contribution in [0.2, 0.25) is 0 Å². The first-order chi connectivity index (χ1) is 9.63. The Morgan fingerprint density at radius 1 is 1.50 bits per heavy atom. The molecule has 1 fully saturated rings. The van der Waals surface area contributed by atoms with Gasteiger partial charge in [-0.15, -0.1) is 0 Å². The second kappa shape index (κ2) is 6.53. The molecule has 7 heteroatoms. The Labute approximate surface area is 117 Å². The van der Waals surface area contributed by atoms with Gasteiger partial charge in [-0.1, -0.05) is 0 Å². The predicted octanol–water partition coefficient (Wildman–Crippen LogP) is 0.340. The fourth-order valence-corrected chi connectivity index (χ4v) is 2.35. The first-order valence-corrected chi connectivity index (χ1v) is 6.58. The van der Waals surface area contributed by atoms with Gasteiger partial charge in [-0.05, 0) is 18.9 Å². The minimum absolute atomic E-state index is 0.0232. The number of aliphatic hydroxyl groups is 1. The Balaban J connectivity index is 2.04. The van der Waals surface area contributed by atoms with Gasteiger partial charge in [0.25, 0.3) is 0 Å². The average Bonchev–Trinajstić information content (AvgIpc) is 2.46. The molecule has 1 aromatic rings. The van der Waals surface area contributed by atoms with E-state index in [0.717, 1.165) is 12.8 Å². The van der Waals surface area contributed by atoms with Crippen LogP contribution < -0.4 is 10.6 Å². The molecule has 7 nitrogen and oxygen atoms in total. The lowest BCUT2D eigenvalue weighted by atomic mass is 10.1. The molecule has 0 radical (unpaired) electrons. The molecule has 4 N–H and O–H groups in total. The third-order valence-corrected chi connectivity index (χ3v) is 3.39. The minimum atomic E-state index is -1.05. The number of ether oxygens (including phenoxy) is 1. The monoisotopic (exact) mass is 281 g/mol. The van der Waals surface area contributed by atoms with Crippen molar-refractivity contribution in [2.24, 2.45) is 0 Å². The Morgan fingerprint density at radius 3 is 2.80 bits per heavy atom. The largest absolute Gasteiger partial charge is 0.478 e. The van der Waals surface area contributed by atoms with E-state index in [9.17, 15) is 4.79 Å². The molecule has 1 aromatic heterocycles. The summed E-state index contributed by atoms with van der Waals surface area (Å²) in [6.07, 6.45) is 3.20. The molecule has 0 spiro atoms. The number of aliphatic hydroxyl groups excluding tert-OH is 1. The molecule has 0 atom stereocenters. The zero-order chi connectivity index (χ0) is 14.5. The second-order valence-electron chi connectivity index (χ2n) is 4.68. The average molecular weight is 281 g/mol. The van der Waals surface area contributed by atoms with Crippen LogP contribution in [0.25, 0.3) is 0 Å². The van der Waals surface area contributed by atoms with E-state index in [4.69, 9.17) is 20.7 Å². The van der Waals surface area contributed by atoms with Gasteiger partial charge in [0.2, 0.25) is 0 Å². The molecule has 1 aliphatic heterocycles. The highest BCUT2D eigenvalue weighted by Crippen LogP contribution is 2.27. The normalized spacial score (nSPS) is 16.4. The maximum absolute atomic E-state index is 11.1. The number of carbonyl (C=O) groups is 1. The third kappa shape index (κ3) is 3.17. The fraction of sp³-hybridized carbons (Fsp3) is 0.538. The summed E-state index contributed by atoms with van der Waals surface area (Å²) >= 11 is 0. The van der Waals surface area contributed by atoms with Crippen LogP contribution >= 0.6 is 0 Å². The Kier molecular flexibility index (Phi) is 4.75. The molecule has 0 bridgehead atoms. The first kappa shape index (κ1) is 14.5. The van der Waals surface area contributed by atoms with E-state index in [0.29, 0.717) is 25.5 Å². The Hall–Kier alpha value is -1.86. The fourth-order valence-electron chi connectivity index (χ4n) is 2.35. The van der Waals surface area contributed by atoms with E-state index in [2.05, 4.69) is 4.98 Å². The summed E-state index contributed by atoms with van der Waals surface area (Å²) in [5.41, 5.74) is 6.16. The van der Waals surface area contributed by atoms with Crippen molar-refractivity contribution in [2.45, 2.75) is 18.9 Å². The lowest BCUT2D eigenvalue weighted by Crippen LogP contribution is -2.38. The van der Waals surface area contributed by atoms with Crippen LogP contribution in [0, 0.1) is 0 Å². The molecule has 0 aromatic carbocycles. The van der Waals surface area contributed by atoms with Crippen molar-refractivity contribution in [3.63, 3.8) is 0 Å². The van der Waals surface area contributed by atoms with Crippen molar-refractivity contribution < 1.29 is 19.7 Å². The number of pyridine rings is 1. The van der Waals surface area contributed by atoms with Crippen LogP contribution in [-0.2, 0) is 4.74 Å². The molecule has 2 heterocycles. The van der Waals surface area contributed by atoms with Crippen LogP contribution in [0.5, 0.6) is 0 Å². The van der Waals surface area contributed by atoms with Crippen molar-refractivity contribution in [2.75, 3.05) is 36.9 Å². The van der Waals surface area contributed by atoms with Crippen LogP contribution in [0.1, 0.15) is 23.2 Å². The van der Waals surface area contributed by atoms with E-state index in [-0.39, 0.29) is 24.0 Å². The quantitative estimate of drug-likeness (QED) is 0.714. The molecule has 0 saturated carbocycles. The highest BCUT2D eigenvalue weighted by Gasteiger charge is 2.23. The van der Waals surface area contributed by atoms with Gasteiger partial charge in [0, 0.05) is 19.3 Å². The first-order valence-electron chi connectivity index (χ1n) is 6.58. The van der Waals surface area contributed by atoms with E-state index >= 15 is 0 Å². The lowest BCUT2D eigenvalue weighted by molar-refractivity contribution is 0.0158. The Bertz CT molecular complexity index is 473. The molecule has 0 unspecified atom stereocenters. The number of hydrogen-bond acceptors (Lipinski definition) is 6. The van der Waals surface area contributed by atoms with E-state index in [1.54, 1.807) is 0 Å².